The smallest absolute Gasteiger partial charge is 0.313 e. The Hall–Kier alpha value is -1.08. The zero-order valence-corrected chi connectivity index (χ0v) is 13.8. The Kier molecular flexibility index (Phi) is 7.01. The predicted molar refractivity (Wildman–Crippen MR) is 84.3 cm³/mol. The van der Waals surface area contributed by atoms with E-state index < -0.39 is 7.80 Å². The lowest BCUT2D eigenvalue weighted by molar-refractivity contribution is -0.144. The van der Waals surface area contributed by atoms with Gasteiger partial charge in [0, 0.05) is 6.16 Å². The number of carbonyl (C=O) groups is 1. The zero-order valence-electron chi connectivity index (χ0n) is 12.8. The third-order valence-corrected chi connectivity index (χ3v) is 4.58. The van der Waals surface area contributed by atoms with E-state index in [1.54, 1.807) is 6.66 Å². The summed E-state index contributed by atoms with van der Waals surface area (Å²) in [5, 5.41) is 0. The minimum atomic E-state index is -1.56. The lowest BCUT2D eigenvalue weighted by atomic mass is 9.94. The van der Waals surface area contributed by atoms with E-state index in [4.69, 9.17) is 4.74 Å². The summed E-state index contributed by atoms with van der Waals surface area (Å²) < 4.78 is 16.1. The minimum Gasteiger partial charge on any atom is -0.465 e. The van der Waals surface area contributed by atoms with Crippen LogP contribution in [0.2, 0.25) is 0 Å². The molecule has 1 rings (SSSR count). The van der Waals surface area contributed by atoms with E-state index >= 15 is 0 Å². The van der Waals surface area contributed by atoms with Crippen LogP contribution in [-0.2, 0) is 14.1 Å². The van der Waals surface area contributed by atoms with Gasteiger partial charge in [0.05, 0.1) is 20.3 Å². The van der Waals surface area contributed by atoms with Gasteiger partial charge < -0.3 is 9.30 Å². The molecule has 3 unspecified atom stereocenters. The predicted octanol–water partition coefficient (Wildman–Crippen LogP) is 4.04. The Balaban J connectivity index is 2.60. The molecule has 0 aliphatic carbocycles. The highest BCUT2D eigenvalue weighted by molar-refractivity contribution is 7.43. The Morgan fingerprint density at radius 1 is 1.20 bits per heavy atom. The fourth-order valence-electron chi connectivity index (χ4n) is 1.91. The number of esters is 1. The lowest BCUT2D eigenvalue weighted by Gasteiger charge is -2.14. The minimum absolute atomic E-state index is 0.246. The van der Waals surface area contributed by atoms with Crippen molar-refractivity contribution < 1.29 is 14.1 Å². The SMILES string of the molecule is CCC(C)c1ccc(C(C)C(=O)OCC[PH](C)=O)cc1. The topological polar surface area (TPSA) is 43.4 Å². The molecule has 4 heteroatoms. The van der Waals surface area contributed by atoms with Gasteiger partial charge in [0.2, 0.25) is 0 Å². The molecular formula is C16H25O3P. The molecule has 0 amide bonds. The van der Waals surface area contributed by atoms with Crippen molar-refractivity contribution in [2.45, 2.75) is 39.0 Å². The fraction of sp³-hybridized carbons (Fsp3) is 0.562. The first-order chi connectivity index (χ1) is 9.45. The van der Waals surface area contributed by atoms with E-state index in [2.05, 4.69) is 26.0 Å². The molecule has 1 aromatic carbocycles. The molecule has 0 aliphatic heterocycles. The van der Waals surface area contributed by atoms with Crippen LogP contribution in [0.15, 0.2) is 24.3 Å². The van der Waals surface area contributed by atoms with Gasteiger partial charge in [0.15, 0.2) is 0 Å². The van der Waals surface area contributed by atoms with Gasteiger partial charge in [-0.3, -0.25) is 4.79 Å². The summed E-state index contributed by atoms with van der Waals surface area (Å²) in [6.07, 6.45) is 1.57. The van der Waals surface area contributed by atoms with E-state index in [-0.39, 0.29) is 18.5 Å². The van der Waals surface area contributed by atoms with Crippen LogP contribution >= 0.6 is 7.80 Å². The molecule has 0 radical (unpaired) electrons. The van der Waals surface area contributed by atoms with E-state index in [0.717, 1.165) is 12.0 Å². The van der Waals surface area contributed by atoms with Gasteiger partial charge in [0.25, 0.3) is 0 Å². The lowest BCUT2D eigenvalue weighted by Crippen LogP contribution is -2.14. The molecule has 1 aromatic rings. The second-order valence-electron chi connectivity index (χ2n) is 5.32. The maximum Gasteiger partial charge on any atom is 0.313 e. The van der Waals surface area contributed by atoms with Gasteiger partial charge in [-0.25, -0.2) is 0 Å². The molecule has 3 nitrogen and oxygen atoms in total. The third-order valence-electron chi connectivity index (χ3n) is 3.67. The van der Waals surface area contributed by atoms with Crippen LogP contribution in [0.1, 0.15) is 50.2 Å². The quantitative estimate of drug-likeness (QED) is 0.563. The number of hydrogen-bond donors (Lipinski definition) is 0. The monoisotopic (exact) mass is 296 g/mol. The number of rotatable bonds is 7. The van der Waals surface area contributed by atoms with E-state index in [1.807, 2.05) is 19.1 Å². The van der Waals surface area contributed by atoms with Crippen molar-refractivity contribution in [1.29, 1.82) is 0 Å². The summed E-state index contributed by atoms with van der Waals surface area (Å²) in [5.41, 5.74) is 2.26. The summed E-state index contributed by atoms with van der Waals surface area (Å²) in [7, 11) is -1.56. The van der Waals surface area contributed by atoms with Crippen LogP contribution < -0.4 is 0 Å². The molecule has 0 aromatic heterocycles. The van der Waals surface area contributed by atoms with Crippen LogP contribution in [0.3, 0.4) is 0 Å². The summed E-state index contributed by atoms with van der Waals surface area (Å²) in [6.45, 7) is 8.13. The molecule has 112 valence electrons. The second-order valence-corrected chi connectivity index (χ2v) is 7.22. The Morgan fingerprint density at radius 2 is 1.75 bits per heavy atom. The van der Waals surface area contributed by atoms with Crippen LogP contribution in [0, 0.1) is 0 Å². The zero-order chi connectivity index (χ0) is 15.1. The van der Waals surface area contributed by atoms with Gasteiger partial charge in [-0.2, -0.15) is 0 Å². The van der Waals surface area contributed by atoms with E-state index in [0.29, 0.717) is 12.1 Å². The van der Waals surface area contributed by atoms with Crippen molar-refractivity contribution in [2.75, 3.05) is 19.4 Å². The van der Waals surface area contributed by atoms with Crippen molar-refractivity contribution in [2.24, 2.45) is 0 Å². The Bertz CT molecular complexity index is 453. The Morgan fingerprint density at radius 3 is 2.25 bits per heavy atom. The van der Waals surface area contributed by atoms with E-state index in [1.165, 1.54) is 5.56 Å². The van der Waals surface area contributed by atoms with Crippen LogP contribution in [0.5, 0.6) is 0 Å². The number of benzene rings is 1. The maximum absolute atomic E-state index is 11.9. The number of hydrogen-bond acceptors (Lipinski definition) is 3. The highest BCUT2D eigenvalue weighted by Gasteiger charge is 2.17. The molecule has 20 heavy (non-hydrogen) atoms. The van der Waals surface area contributed by atoms with Crippen molar-refractivity contribution >= 4 is 13.8 Å². The summed E-state index contributed by atoms with van der Waals surface area (Å²) in [5.74, 6) is 0.0122. The summed E-state index contributed by atoms with van der Waals surface area (Å²) in [6, 6.07) is 8.16. The van der Waals surface area contributed by atoms with Crippen molar-refractivity contribution in [3.63, 3.8) is 0 Å². The second kappa shape index (κ2) is 8.26. The van der Waals surface area contributed by atoms with Gasteiger partial charge in [0.1, 0.15) is 0 Å². The van der Waals surface area contributed by atoms with Crippen molar-refractivity contribution in [1.82, 2.24) is 0 Å². The highest BCUT2D eigenvalue weighted by Crippen LogP contribution is 2.23. The molecule has 0 spiro atoms. The molecule has 0 heterocycles. The molecule has 3 atom stereocenters. The van der Waals surface area contributed by atoms with Crippen molar-refractivity contribution in [3.8, 4) is 0 Å². The highest BCUT2D eigenvalue weighted by atomic mass is 31.1. The van der Waals surface area contributed by atoms with Crippen LogP contribution in [0.4, 0.5) is 0 Å². The number of carbonyl (C=O) groups excluding carboxylic acids is 1. The van der Waals surface area contributed by atoms with Gasteiger partial charge in [-0.05, 0) is 37.1 Å². The fourth-order valence-corrected chi connectivity index (χ4v) is 2.29. The van der Waals surface area contributed by atoms with Crippen LogP contribution in [-0.4, -0.2) is 25.4 Å². The maximum atomic E-state index is 11.9. The molecule has 0 aliphatic rings. The normalized spacial score (nSPS) is 15.4. The molecule has 0 saturated carbocycles. The van der Waals surface area contributed by atoms with E-state index in [9.17, 15) is 9.36 Å². The summed E-state index contributed by atoms with van der Waals surface area (Å²) in [4.78, 5) is 11.9. The average molecular weight is 296 g/mol. The molecule has 0 fully saturated rings. The van der Waals surface area contributed by atoms with Crippen LogP contribution in [0.25, 0.3) is 0 Å². The number of ether oxygens (including phenoxy) is 1. The van der Waals surface area contributed by atoms with Gasteiger partial charge in [-0.1, -0.05) is 38.1 Å². The van der Waals surface area contributed by atoms with Gasteiger partial charge >= 0.3 is 5.97 Å². The first-order valence-electron chi connectivity index (χ1n) is 7.21. The Labute approximate surface area is 122 Å². The molecule has 0 saturated heterocycles. The third kappa shape index (κ3) is 5.13. The first kappa shape index (κ1) is 17.0. The molecule has 0 N–H and O–H groups in total. The first-order valence-corrected chi connectivity index (χ1v) is 9.33. The molecular weight excluding hydrogens is 271 g/mol. The summed E-state index contributed by atoms with van der Waals surface area (Å²) >= 11 is 0. The average Bonchev–Trinajstić information content (AvgIpc) is 2.45. The standard InChI is InChI=1S/C16H25O3P/c1-5-12(2)14-6-8-15(9-7-14)13(3)16(17)19-10-11-20(4)18/h6-9,12-13,20H,5,10-11H2,1-4H3. The molecule has 0 bridgehead atoms. The van der Waals surface area contributed by atoms with Gasteiger partial charge in [-0.15, -0.1) is 0 Å². The van der Waals surface area contributed by atoms with Crippen molar-refractivity contribution in [3.05, 3.63) is 35.4 Å². The largest absolute Gasteiger partial charge is 0.465 e.